The number of para-hydroxylation sites is 1. The first-order valence-corrected chi connectivity index (χ1v) is 12.2. The maximum atomic E-state index is 12.9. The molecule has 0 aromatic heterocycles. The molecule has 2 aromatic rings. The van der Waals surface area contributed by atoms with Gasteiger partial charge in [0.05, 0.1) is 22.0 Å². The molecule has 0 aliphatic rings. The Morgan fingerprint density at radius 3 is 2.13 bits per heavy atom. The number of benzene rings is 2. The van der Waals surface area contributed by atoms with Gasteiger partial charge >= 0.3 is 5.76 Å². The standard InChI is InChI=1S/C19H22F2N2O5S2/c1-13(14-8-10-15(11-9-14)29(3,25)26)23(2)12-18(24)22-16-6-4-5-7-17(16)30(27,28)19(20)21/h4-11,13,19H,12H2,1-3H3,(H,22,24). The van der Waals surface area contributed by atoms with E-state index in [4.69, 9.17) is 0 Å². The van der Waals surface area contributed by atoms with Crippen LogP contribution in [0.15, 0.2) is 58.3 Å². The third kappa shape index (κ3) is 5.61. The molecule has 7 nitrogen and oxygen atoms in total. The minimum atomic E-state index is -4.87. The van der Waals surface area contributed by atoms with Crippen molar-refractivity contribution in [2.45, 2.75) is 28.5 Å². The lowest BCUT2D eigenvalue weighted by Crippen LogP contribution is -2.32. The summed E-state index contributed by atoms with van der Waals surface area (Å²) in [5.41, 5.74) is 0.541. The average molecular weight is 461 g/mol. The highest BCUT2D eigenvalue weighted by atomic mass is 32.2. The van der Waals surface area contributed by atoms with Gasteiger partial charge in [-0.3, -0.25) is 9.69 Å². The van der Waals surface area contributed by atoms with Crippen molar-refractivity contribution in [2.75, 3.05) is 25.2 Å². The zero-order valence-electron chi connectivity index (χ0n) is 16.5. The van der Waals surface area contributed by atoms with Gasteiger partial charge in [0.15, 0.2) is 9.84 Å². The molecule has 0 bridgehead atoms. The zero-order valence-corrected chi connectivity index (χ0v) is 18.2. The number of halogens is 2. The summed E-state index contributed by atoms with van der Waals surface area (Å²) in [5.74, 6) is -4.19. The van der Waals surface area contributed by atoms with E-state index in [-0.39, 0.29) is 23.2 Å². The molecule has 30 heavy (non-hydrogen) atoms. The number of alkyl halides is 2. The van der Waals surface area contributed by atoms with Crippen molar-refractivity contribution < 1.29 is 30.4 Å². The topological polar surface area (TPSA) is 101 Å². The Balaban J connectivity index is 2.12. The fourth-order valence-electron chi connectivity index (χ4n) is 2.72. The summed E-state index contributed by atoms with van der Waals surface area (Å²) in [6, 6.07) is 10.9. The number of anilines is 1. The molecule has 2 rings (SSSR count). The van der Waals surface area contributed by atoms with Crippen LogP contribution >= 0.6 is 0 Å². The van der Waals surface area contributed by atoms with Gasteiger partial charge in [-0.15, -0.1) is 0 Å². The fourth-order valence-corrected chi connectivity index (χ4v) is 4.23. The lowest BCUT2D eigenvalue weighted by atomic mass is 10.1. The lowest BCUT2D eigenvalue weighted by molar-refractivity contribution is -0.117. The Kier molecular flexibility index (Phi) is 7.32. The van der Waals surface area contributed by atoms with Crippen molar-refractivity contribution in [3.8, 4) is 0 Å². The van der Waals surface area contributed by atoms with Crippen LogP contribution in [0.1, 0.15) is 18.5 Å². The quantitative estimate of drug-likeness (QED) is 0.650. The van der Waals surface area contributed by atoms with Crippen molar-refractivity contribution in [1.82, 2.24) is 4.90 Å². The van der Waals surface area contributed by atoms with E-state index in [0.29, 0.717) is 0 Å². The molecule has 2 aromatic carbocycles. The van der Waals surface area contributed by atoms with E-state index < -0.39 is 36.2 Å². The van der Waals surface area contributed by atoms with Crippen molar-refractivity contribution in [3.05, 3.63) is 54.1 Å². The van der Waals surface area contributed by atoms with Gasteiger partial charge in [-0.05, 0) is 43.8 Å². The highest BCUT2D eigenvalue weighted by molar-refractivity contribution is 7.92. The number of rotatable bonds is 8. The molecular weight excluding hydrogens is 438 g/mol. The third-order valence-corrected chi connectivity index (χ3v) is 7.11. The first kappa shape index (κ1) is 23.9. The number of hydrogen-bond donors (Lipinski definition) is 1. The molecule has 1 unspecified atom stereocenters. The van der Waals surface area contributed by atoms with E-state index in [1.165, 1.54) is 30.3 Å². The predicted octanol–water partition coefficient (Wildman–Crippen LogP) is 2.72. The van der Waals surface area contributed by atoms with Crippen LogP contribution in [0.3, 0.4) is 0 Å². The van der Waals surface area contributed by atoms with E-state index in [1.54, 1.807) is 31.0 Å². The molecule has 0 aliphatic carbocycles. The summed E-state index contributed by atoms with van der Waals surface area (Å²) in [6.45, 7) is 1.65. The first-order chi connectivity index (χ1) is 13.8. The monoisotopic (exact) mass is 460 g/mol. The number of amides is 1. The summed E-state index contributed by atoms with van der Waals surface area (Å²) in [5, 5.41) is 2.37. The molecule has 1 N–H and O–H groups in total. The Morgan fingerprint density at radius 2 is 1.60 bits per heavy atom. The van der Waals surface area contributed by atoms with E-state index >= 15 is 0 Å². The van der Waals surface area contributed by atoms with Crippen LogP contribution in [-0.2, 0) is 24.5 Å². The minimum absolute atomic E-state index is 0.155. The molecule has 164 valence electrons. The molecule has 0 aliphatic heterocycles. The molecular formula is C19H22F2N2O5S2. The number of nitrogens with zero attached hydrogens (tertiary/aromatic N) is 1. The van der Waals surface area contributed by atoms with Gasteiger partial charge in [-0.1, -0.05) is 24.3 Å². The normalized spacial score (nSPS) is 13.4. The van der Waals surface area contributed by atoms with Crippen LogP contribution in [-0.4, -0.2) is 53.2 Å². The number of nitrogens with one attached hydrogen (secondary N) is 1. The van der Waals surface area contributed by atoms with Crippen LogP contribution in [0.4, 0.5) is 14.5 Å². The highest BCUT2D eigenvalue weighted by Crippen LogP contribution is 2.26. The zero-order chi connectivity index (χ0) is 22.7. The van der Waals surface area contributed by atoms with Gasteiger partial charge in [-0.25, -0.2) is 16.8 Å². The molecule has 11 heteroatoms. The molecule has 1 atom stereocenters. The van der Waals surface area contributed by atoms with Crippen molar-refractivity contribution >= 4 is 31.3 Å². The number of hydrogen-bond acceptors (Lipinski definition) is 6. The van der Waals surface area contributed by atoms with Crippen LogP contribution in [0.5, 0.6) is 0 Å². The van der Waals surface area contributed by atoms with Crippen LogP contribution in [0, 0.1) is 0 Å². The predicted molar refractivity (Wildman–Crippen MR) is 109 cm³/mol. The molecule has 0 heterocycles. The van der Waals surface area contributed by atoms with Crippen LogP contribution in [0.2, 0.25) is 0 Å². The Bertz CT molecular complexity index is 1120. The van der Waals surface area contributed by atoms with Gasteiger partial charge in [0.2, 0.25) is 15.7 Å². The number of sulfone groups is 2. The second kappa shape index (κ2) is 9.19. The fraction of sp³-hybridized carbons (Fsp3) is 0.316. The van der Waals surface area contributed by atoms with E-state index in [0.717, 1.165) is 17.9 Å². The summed E-state index contributed by atoms with van der Waals surface area (Å²) in [6.07, 6.45) is 1.11. The smallest absolute Gasteiger partial charge is 0.324 e. The second-order valence-corrected chi connectivity index (χ2v) is 10.7. The van der Waals surface area contributed by atoms with Crippen LogP contribution < -0.4 is 5.32 Å². The average Bonchev–Trinajstić information content (AvgIpc) is 2.66. The van der Waals surface area contributed by atoms with E-state index in [1.807, 2.05) is 0 Å². The lowest BCUT2D eigenvalue weighted by Gasteiger charge is -2.25. The second-order valence-electron chi connectivity index (χ2n) is 6.78. The Labute approximate surface area is 174 Å². The summed E-state index contributed by atoms with van der Waals surface area (Å²) < 4.78 is 72.4. The summed E-state index contributed by atoms with van der Waals surface area (Å²) in [4.78, 5) is 13.6. The largest absolute Gasteiger partial charge is 0.341 e. The van der Waals surface area contributed by atoms with Gasteiger partial charge in [0.25, 0.3) is 0 Å². The van der Waals surface area contributed by atoms with E-state index in [9.17, 15) is 30.4 Å². The van der Waals surface area contributed by atoms with E-state index in [2.05, 4.69) is 5.32 Å². The number of likely N-dealkylation sites (N-methyl/N-ethyl adjacent to an activating group) is 1. The summed E-state index contributed by atoms with van der Waals surface area (Å²) in [7, 11) is -6.54. The van der Waals surface area contributed by atoms with Gasteiger partial charge in [0.1, 0.15) is 0 Å². The van der Waals surface area contributed by atoms with Gasteiger partial charge < -0.3 is 5.32 Å². The molecule has 0 saturated carbocycles. The SMILES string of the molecule is CC(c1ccc(S(C)(=O)=O)cc1)N(C)CC(=O)Nc1ccccc1S(=O)(=O)C(F)F. The molecule has 0 saturated heterocycles. The molecule has 0 spiro atoms. The third-order valence-electron chi connectivity index (χ3n) is 4.55. The molecule has 0 fully saturated rings. The first-order valence-electron chi connectivity index (χ1n) is 8.75. The maximum Gasteiger partial charge on any atom is 0.341 e. The number of carbonyl (C=O) groups is 1. The Morgan fingerprint density at radius 1 is 1.03 bits per heavy atom. The molecule has 0 radical (unpaired) electrons. The van der Waals surface area contributed by atoms with Crippen molar-refractivity contribution in [1.29, 1.82) is 0 Å². The summed E-state index contributed by atoms with van der Waals surface area (Å²) >= 11 is 0. The van der Waals surface area contributed by atoms with Crippen molar-refractivity contribution in [2.24, 2.45) is 0 Å². The maximum absolute atomic E-state index is 12.9. The van der Waals surface area contributed by atoms with Gasteiger partial charge in [-0.2, -0.15) is 8.78 Å². The molecule has 1 amide bonds. The van der Waals surface area contributed by atoms with Crippen LogP contribution in [0.25, 0.3) is 0 Å². The van der Waals surface area contributed by atoms with Crippen molar-refractivity contribution in [3.63, 3.8) is 0 Å². The Hall–Kier alpha value is -2.37. The minimum Gasteiger partial charge on any atom is -0.324 e. The highest BCUT2D eigenvalue weighted by Gasteiger charge is 2.29. The van der Waals surface area contributed by atoms with Gasteiger partial charge in [0, 0.05) is 12.3 Å². The number of carbonyl (C=O) groups excluding carboxylic acids is 1.